The van der Waals surface area contributed by atoms with Gasteiger partial charge in [-0.05, 0) is 74.0 Å². The second-order valence-corrected chi connectivity index (χ2v) is 10.7. The highest BCUT2D eigenvalue weighted by Gasteiger charge is 2.28. The molecule has 0 aliphatic carbocycles. The van der Waals surface area contributed by atoms with Crippen LogP contribution < -0.4 is 14.5 Å². The number of hydrogen-bond acceptors (Lipinski definition) is 5. The van der Waals surface area contributed by atoms with Gasteiger partial charge in [0.1, 0.15) is 6.54 Å². The molecule has 0 bridgehead atoms. The van der Waals surface area contributed by atoms with Crippen LogP contribution in [0.15, 0.2) is 71.6 Å². The van der Waals surface area contributed by atoms with Crippen LogP contribution in [0.25, 0.3) is 0 Å². The SMILES string of the molecule is Cc1ccc(S(=O)(=O)N(CC(=O)Nc2ccc(N3CCOCC3)cc2)c2ccc(Cl)cc2C)cc1. The summed E-state index contributed by atoms with van der Waals surface area (Å²) in [4.78, 5) is 15.4. The lowest BCUT2D eigenvalue weighted by Crippen LogP contribution is -2.38. The number of carbonyl (C=O) groups is 1. The number of rotatable bonds is 7. The van der Waals surface area contributed by atoms with Crippen molar-refractivity contribution in [2.45, 2.75) is 18.7 Å². The van der Waals surface area contributed by atoms with Crippen molar-refractivity contribution < 1.29 is 17.9 Å². The van der Waals surface area contributed by atoms with Crippen molar-refractivity contribution in [1.82, 2.24) is 0 Å². The normalized spacial score (nSPS) is 14.0. The Hall–Kier alpha value is -3.07. The molecule has 0 unspecified atom stereocenters. The van der Waals surface area contributed by atoms with E-state index in [1.165, 1.54) is 0 Å². The molecule has 1 aliphatic rings. The van der Waals surface area contributed by atoms with Crippen molar-refractivity contribution in [3.8, 4) is 0 Å². The first-order valence-electron chi connectivity index (χ1n) is 11.3. The lowest BCUT2D eigenvalue weighted by Gasteiger charge is -2.29. The zero-order chi connectivity index (χ0) is 25.0. The van der Waals surface area contributed by atoms with Gasteiger partial charge in [0.2, 0.25) is 5.91 Å². The molecule has 3 aromatic carbocycles. The molecule has 0 radical (unpaired) electrons. The fourth-order valence-electron chi connectivity index (χ4n) is 3.94. The Morgan fingerprint density at radius 3 is 2.29 bits per heavy atom. The standard InChI is InChI=1S/C26H28ClN3O4S/c1-19-3-10-24(11-4-19)35(32,33)30(25-12-5-21(27)17-20(25)2)18-26(31)28-22-6-8-23(9-7-22)29-13-15-34-16-14-29/h3-12,17H,13-16,18H2,1-2H3,(H,28,31). The van der Waals surface area contributed by atoms with Crippen LogP contribution in [0.2, 0.25) is 5.02 Å². The first kappa shape index (κ1) is 25.0. The molecule has 1 saturated heterocycles. The molecular weight excluding hydrogens is 486 g/mol. The highest BCUT2D eigenvalue weighted by atomic mass is 35.5. The van der Waals surface area contributed by atoms with E-state index in [1.54, 1.807) is 49.4 Å². The highest BCUT2D eigenvalue weighted by Crippen LogP contribution is 2.29. The number of benzene rings is 3. The molecule has 0 aromatic heterocycles. The lowest BCUT2D eigenvalue weighted by atomic mass is 10.2. The summed E-state index contributed by atoms with van der Waals surface area (Å²) in [5.74, 6) is -0.450. The Morgan fingerprint density at radius 2 is 1.66 bits per heavy atom. The zero-order valence-electron chi connectivity index (χ0n) is 19.7. The van der Waals surface area contributed by atoms with Crippen molar-refractivity contribution >= 4 is 44.6 Å². The first-order valence-corrected chi connectivity index (χ1v) is 13.1. The van der Waals surface area contributed by atoms with Crippen LogP contribution in [0.5, 0.6) is 0 Å². The van der Waals surface area contributed by atoms with Crippen molar-refractivity contribution in [1.29, 1.82) is 0 Å². The Kier molecular flexibility index (Phi) is 7.64. The number of aryl methyl sites for hydroxylation is 2. The van der Waals surface area contributed by atoms with Crippen LogP contribution in [0, 0.1) is 13.8 Å². The molecule has 3 aromatic rings. The predicted octanol–water partition coefficient (Wildman–Crippen LogP) is 4.63. The van der Waals surface area contributed by atoms with Gasteiger partial charge in [-0.2, -0.15) is 0 Å². The number of nitrogens with zero attached hydrogens (tertiary/aromatic N) is 2. The maximum atomic E-state index is 13.6. The van der Waals surface area contributed by atoms with Crippen molar-refractivity contribution in [3.63, 3.8) is 0 Å². The molecule has 1 amide bonds. The molecule has 1 heterocycles. The summed E-state index contributed by atoms with van der Waals surface area (Å²) in [5, 5.41) is 3.31. The van der Waals surface area contributed by atoms with Crippen LogP contribution in [-0.2, 0) is 19.6 Å². The molecule has 35 heavy (non-hydrogen) atoms. The fourth-order valence-corrected chi connectivity index (χ4v) is 5.66. The number of carbonyl (C=O) groups excluding carboxylic acids is 1. The topological polar surface area (TPSA) is 79.0 Å². The van der Waals surface area contributed by atoms with E-state index in [4.69, 9.17) is 16.3 Å². The third-order valence-corrected chi connectivity index (χ3v) is 7.86. The average Bonchev–Trinajstić information content (AvgIpc) is 2.84. The number of morpholine rings is 1. The number of ether oxygens (including phenoxy) is 1. The third kappa shape index (κ3) is 5.96. The van der Waals surface area contributed by atoms with Crippen molar-refractivity contribution in [3.05, 3.63) is 82.9 Å². The van der Waals surface area contributed by atoms with Gasteiger partial charge in [-0.15, -0.1) is 0 Å². The Morgan fingerprint density at radius 1 is 1.00 bits per heavy atom. The summed E-state index contributed by atoms with van der Waals surface area (Å²) in [6.07, 6.45) is 0. The zero-order valence-corrected chi connectivity index (χ0v) is 21.3. The van der Waals surface area contributed by atoms with Crippen LogP contribution >= 0.6 is 11.6 Å². The van der Waals surface area contributed by atoms with Crippen LogP contribution in [0.1, 0.15) is 11.1 Å². The van der Waals surface area contributed by atoms with Crippen molar-refractivity contribution in [2.24, 2.45) is 0 Å². The van der Waals surface area contributed by atoms with Crippen LogP contribution in [-0.4, -0.2) is 47.2 Å². The van der Waals surface area contributed by atoms with Gasteiger partial charge in [-0.3, -0.25) is 9.10 Å². The van der Waals surface area contributed by atoms with Crippen molar-refractivity contribution in [2.75, 3.05) is 47.4 Å². The van der Waals surface area contributed by atoms with E-state index < -0.39 is 15.9 Å². The predicted molar refractivity (Wildman–Crippen MR) is 140 cm³/mol. The second kappa shape index (κ2) is 10.7. The number of halogens is 1. The van der Waals surface area contributed by atoms with E-state index in [0.717, 1.165) is 28.6 Å². The highest BCUT2D eigenvalue weighted by molar-refractivity contribution is 7.92. The molecular formula is C26H28ClN3O4S. The largest absolute Gasteiger partial charge is 0.378 e. The summed E-state index contributed by atoms with van der Waals surface area (Å²) in [6, 6.07) is 19.0. The van der Waals surface area contributed by atoms with Gasteiger partial charge in [-0.25, -0.2) is 8.42 Å². The number of anilines is 3. The smallest absolute Gasteiger partial charge is 0.264 e. The molecule has 1 N–H and O–H groups in total. The summed E-state index contributed by atoms with van der Waals surface area (Å²) in [5.41, 5.74) is 3.62. The quantitative estimate of drug-likeness (QED) is 0.498. The molecule has 1 aliphatic heterocycles. The molecule has 1 fully saturated rings. The molecule has 184 valence electrons. The van der Waals surface area contributed by atoms with Gasteiger partial charge in [0, 0.05) is 29.5 Å². The number of nitrogens with one attached hydrogen (secondary N) is 1. The van der Waals surface area contributed by atoms with Gasteiger partial charge in [-0.1, -0.05) is 29.3 Å². The Labute approximate surface area is 211 Å². The van der Waals surface area contributed by atoms with E-state index in [-0.39, 0.29) is 11.4 Å². The maximum absolute atomic E-state index is 13.6. The summed E-state index contributed by atoms with van der Waals surface area (Å²) in [6.45, 7) is 6.28. The van der Waals surface area contributed by atoms with E-state index >= 15 is 0 Å². The van der Waals surface area contributed by atoms with Gasteiger partial charge in [0.25, 0.3) is 10.0 Å². The summed E-state index contributed by atoms with van der Waals surface area (Å²) >= 11 is 6.09. The number of sulfonamides is 1. The molecule has 0 spiro atoms. The molecule has 9 heteroatoms. The van der Waals surface area contributed by atoms with Gasteiger partial charge < -0.3 is 15.0 Å². The minimum Gasteiger partial charge on any atom is -0.378 e. The van der Waals surface area contributed by atoms with Gasteiger partial charge in [0.15, 0.2) is 0 Å². The monoisotopic (exact) mass is 513 g/mol. The first-order chi connectivity index (χ1) is 16.7. The molecule has 0 saturated carbocycles. The van der Waals surface area contributed by atoms with E-state index in [9.17, 15) is 13.2 Å². The third-order valence-electron chi connectivity index (χ3n) is 5.85. The second-order valence-electron chi connectivity index (χ2n) is 8.45. The molecule has 4 rings (SSSR count). The Balaban J connectivity index is 1.57. The number of hydrogen-bond donors (Lipinski definition) is 1. The molecule has 7 nitrogen and oxygen atoms in total. The summed E-state index contributed by atoms with van der Waals surface area (Å²) in [7, 11) is -4.00. The van der Waals surface area contributed by atoms with E-state index in [2.05, 4.69) is 10.2 Å². The van der Waals surface area contributed by atoms with Gasteiger partial charge in [0.05, 0.1) is 23.8 Å². The van der Waals surface area contributed by atoms with E-state index in [0.29, 0.717) is 35.2 Å². The van der Waals surface area contributed by atoms with Gasteiger partial charge >= 0.3 is 0 Å². The number of amides is 1. The maximum Gasteiger partial charge on any atom is 0.264 e. The Bertz CT molecular complexity index is 1290. The van der Waals surface area contributed by atoms with E-state index in [1.807, 2.05) is 31.2 Å². The average molecular weight is 514 g/mol. The minimum absolute atomic E-state index is 0.111. The van der Waals surface area contributed by atoms with Crippen LogP contribution in [0.4, 0.5) is 17.1 Å². The molecule has 0 atom stereocenters. The van der Waals surface area contributed by atoms with Crippen LogP contribution in [0.3, 0.4) is 0 Å². The fraction of sp³-hybridized carbons (Fsp3) is 0.269. The summed E-state index contributed by atoms with van der Waals surface area (Å²) < 4.78 is 33.7. The lowest BCUT2D eigenvalue weighted by molar-refractivity contribution is -0.114. The minimum atomic E-state index is -4.00.